The second kappa shape index (κ2) is 7.88. The lowest BCUT2D eigenvalue weighted by atomic mass is 10.2. The summed E-state index contributed by atoms with van der Waals surface area (Å²) in [4.78, 5) is 33.3. The average molecular weight is 393 g/mol. The van der Waals surface area contributed by atoms with Crippen LogP contribution < -0.4 is 4.90 Å². The number of thioether (sulfide) groups is 1. The zero-order chi connectivity index (χ0) is 18.7. The minimum atomic E-state index is -0.783. The van der Waals surface area contributed by atoms with Gasteiger partial charge in [-0.15, -0.1) is 0 Å². The Morgan fingerprint density at radius 1 is 1.31 bits per heavy atom. The maximum atomic E-state index is 13.9. The number of benzene rings is 1. The Bertz CT molecular complexity index is 963. The molecule has 26 heavy (non-hydrogen) atoms. The van der Waals surface area contributed by atoms with Gasteiger partial charge in [0.25, 0.3) is 0 Å². The van der Waals surface area contributed by atoms with E-state index >= 15 is 0 Å². The van der Waals surface area contributed by atoms with Gasteiger partial charge in [0, 0.05) is 25.4 Å². The van der Waals surface area contributed by atoms with Crippen molar-refractivity contribution in [2.24, 2.45) is 0 Å². The molecule has 0 radical (unpaired) electrons. The molecule has 0 unspecified atom stereocenters. The number of hydrogen-bond acceptors (Lipinski definition) is 6. The third-order valence-electron chi connectivity index (χ3n) is 3.40. The highest BCUT2D eigenvalue weighted by atomic mass is 32.2. The topological polar surface area (TPSA) is 63.2 Å². The molecule has 3 aromatic rings. The Balaban J connectivity index is 1.97. The van der Waals surface area contributed by atoms with Crippen LogP contribution in [0.4, 0.5) is 13.9 Å². The molecule has 0 aliphatic rings. The van der Waals surface area contributed by atoms with Crippen LogP contribution in [-0.4, -0.2) is 26.7 Å². The molecule has 0 aliphatic carbocycles. The molecule has 9 heteroatoms. The second-order valence-electron chi connectivity index (χ2n) is 5.35. The van der Waals surface area contributed by atoms with E-state index in [9.17, 15) is 18.4 Å². The molecule has 0 saturated heterocycles. The number of pyridine rings is 1. The van der Waals surface area contributed by atoms with Crippen molar-refractivity contribution >= 4 is 49.5 Å². The van der Waals surface area contributed by atoms with Crippen LogP contribution in [0.1, 0.15) is 12.5 Å². The van der Waals surface area contributed by atoms with Crippen LogP contribution in [0, 0.1) is 11.6 Å². The summed E-state index contributed by atoms with van der Waals surface area (Å²) in [6.07, 6.45) is 3.21. The molecule has 0 spiro atoms. The maximum Gasteiger partial charge on any atom is 0.239 e. The molecule has 0 aliphatic heterocycles. The highest BCUT2D eigenvalue weighted by Gasteiger charge is 2.22. The van der Waals surface area contributed by atoms with Crippen LogP contribution in [0.25, 0.3) is 10.2 Å². The van der Waals surface area contributed by atoms with E-state index in [1.54, 1.807) is 24.5 Å². The summed E-state index contributed by atoms with van der Waals surface area (Å²) in [6.45, 7) is 1.54. The first kappa shape index (κ1) is 18.4. The van der Waals surface area contributed by atoms with E-state index in [0.717, 1.165) is 34.7 Å². The van der Waals surface area contributed by atoms with Gasteiger partial charge in [0.15, 0.2) is 16.1 Å². The summed E-state index contributed by atoms with van der Waals surface area (Å²) in [6, 6.07) is 5.45. The van der Waals surface area contributed by atoms with Crippen LogP contribution in [0.15, 0.2) is 36.7 Å². The van der Waals surface area contributed by atoms with E-state index in [1.807, 2.05) is 0 Å². The summed E-state index contributed by atoms with van der Waals surface area (Å²) in [5.41, 5.74) is 0.759. The van der Waals surface area contributed by atoms with Gasteiger partial charge in [-0.05, 0) is 17.7 Å². The Labute approximate surface area is 156 Å². The largest absolute Gasteiger partial charge is 0.288 e. The number of rotatable bonds is 5. The van der Waals surface area contributed by atoms with Crippen molar-refractivity contribution in [3.05, 3.63) is 53.9 Å². The molecule has 2 heterocycles. The van der Waals surface area contributed by atoms with Crippen molar-refractivity contribution in [2.75, 3.05) is 10.7 Å². The monoisotopic (exact) mass is 393 g/mol. The molecule has 3 rings (SSSR count). The minimum Gasteiger partial charge on any atom is -0.288 e. The van der Waals surface area contributed by atoms with Crippen LogP contribution in [0.5, 0.6) is 0 Å². The summed E-state index contributed by atoms with van der Waals surface area (Å²) < 4.78 is 27.7. The second-order valence-corrected chi connectivity index (χ2v) is 7.51. The molecular weight excluding hydrogens is 380 g/mol. The first-order valence-electron chi connectivity index (χ1n) is 7.52. The van der Waals surface area contributed by atoms with Gasteiger partial charge in [-0.1, -0.05) is 29.2 Å². The molecule has 0 bridgehead atoms. The number of carbonyl (C=O) groups excluding carboxylic acids is 2. The SMILES string of the molecule is CC(=O)SCC(=O)N(Cc1cccnc1)c1nc2c(F)cc(F)cc2s1. The number of hydrogen-bond donors (Lipinski definition) is 0. The lowest BCUT2D eigenvalue weighted by Crippen LogP contribution is -2.32. The number of nitrogens with zero attached hydrogens (tertiary/aromatic N) is 3. The average Bonchev–Trinajstić information content (AvgIpc) is 3.02. The van der Waals surface area contributed by atoms with Gasteiger partial charge in [0.1, 0.15) is 11.3 Å². The first-order valence-corrected chi connectivity index (χ1v) is 9.32. The van der Waals surface area contributed by atoms with Crippen LogP contribution in [-0.2, 0) is 16.1 Å². The predicted molar refractivity (Wildman–Crippen MR) is 98.1 cm³/mol. The third-order valence-corrected chi connectivity index (χ3v) is 5.22. The van der Waals surface area contributed by atoms with Crippen molar-refractivity contribution in [1.29, 1.82) is 0 Å². The number of thiazole rings is 1. The van der Waals surface area contributed by atoms with Gasteiger partial charge >= 0.3 is 0 Å². The van der Waals surface area contributed by atoms with Crippen LogP contribution in [0.3, 0.4) is 0 Å². The fourth-order valence-electron chi connectivity index (χ4n) is 2.24. The Kier molecular flexibility index (Phi) is 5.58. The number of carbonyl (C=O) groups is 2. The van der Waals surface area contributed by atoms with Crippen molar-refractivity contribution in [1.82, 2.24) is 9.97 Å². The maximum absolute atomic E-state index is 13.9. The van der Waals surface area contributed by atoms with Gasteiger partial charge in [0.2, 0.25) is 5.91 Å². The molecule has 0 saturated carbocycles. The molecule has 2 aromatic heterocycles. The minimum absolute atomic E-state index is 0.00890. The molecule has 0 fully saturated rings. The summed E-state index contributed by atoms with van der Waals surface area (Å²) >= 11 is 1.90. The molecule has 134 valence electrons. The summed E-state index contributed by atoms with van der Waals surface area (Å²) in [5.74, 6) is -1.91. The zero-order valence-corrected chi connectivity index (χ0v) is 15.2. The molecule has 0 atom stereocenters. The molecular formula is C17H13F2N3O2S2. The van der Waals surface area contributed by atoms with E-state index in [0.29, 0.717) is 4.70 Å². The number of amides is 1. The highest BCUT2D eigenvalue weighted by Crippen LogP contribution is 2.32. The summed E-state index contributed by atoms with van der Waals surface area (Å²) in [5, 5.41) is 0.0552. The molecule has 1 amide bonds. The fraction of sp³-hybridized carbons (Fsp3) is 0.176. The van der Waals surface area contributed by atoms with E-state index in [1.165, 1.54) is 17.9 Å². The number of anilines is 1. The molecule has 5 nitrogen and oxygen atoms in total. The quantitative estimate of drug-likeness (QED) is 0.660. The lowest BCUT2D eigenvalue weighted by molar-refractivity contribution is -0.116. The van der Waals surface area contributed by atoms with Crippen LogP contribution >= 0.6 is 23.1 Å². The normalized spacial score (nSPS) is 10.9. The molecule has 0 N–H and O–H groups in total. The molecule has 1 aromatic carbocycles. The summed E-state index contributed by atoms with van der Waals surface area (Å²) in [7, 11) is 0. The highest BCUT2D eigenvalue weighted by molar-refractivity contribution is 8.14. The Morgan fingerprint density at radius 3 is 2.81 bits per heavy atom. The predicted octanol–water partition coefficient (Wildman–Crippen LogP) is 3.78. The van der Waals surface area contributed by atoms with Crippen molar-refractivity contribution < 1.29 is 18.4 Å². The van der Waals surface area contributed by atoms with Crippen molar-refractivity contribution in [3.8, 4) is 0 Å². The van der Waals surface area contributed by atoms with Gasteiger partial charge in [-0.25, -0.2) is 13.8 Å². The Morgan fingerprint density at radius 2 is 2.12 bits per heavy atom. The van der Waals surface area contributed by atoms with Crippen molar-refractivity contribution in [3.63, 3.8) is 0 Å². The van der Waals surface area contributed by atoms with E-state index in [2.05, 4.69) is 9.97 Å². The standard InChI is InChI=1S/C17H13F2N3O2S2/c1-10(23)25-9-15(24)22(8-11-3-2-4-20-7-11)17-21-16-13(19)5-12(18)6-14(16)26-17/h2-7H,8-9H2,1H3. The van der Waals surface area contributed by atoms with Crippen LogP contribution in [0.2, 0.25) is 0 Å². The van der Waals surface area contributed by atoms with Gasteiger partial charge in [-0.3, -0.25) is 19.5 Å². The first-order chi connectivity index (χ1) is 12.4. The number of halogens is 2. The van der Waals surface area contributed by atoms with Crippen molar-refractivity contribution in [2.45, 2.75) is 13.5 Å². The van der Waals surface area contributed by atoms with Gasteiger partial charge < -0.3 is 0 Å². The van der Waals surface area contributed by atoms with E-state index in [4.69, 9.17) is 0 Å². The van der Waals surface area contributed by atoms with E-state index < -0.39 is 11.6 Å². The smallest absolute Gasteiger partial charge is 0.239 e. The third kappa shape index (κ3) is 4.23. The van der Waals surface area contributed by atoms with Gasteiger partial charge in [0.05, 0.1) is 17.0 Å². The number of fused-ring (bicyclic) bond motifs is 1. The van der Waals surface area contributed by atoms with E-state index in [-0.39, 0.29) is 34.0 Å². The van der Waals surface area contributed by atoms with Gasteiger partial charge in [-0.2, -0.15) is 0 Å². The fourth-order valence-corrected chi connectivity index (χ4v) is 3.74. The zero-order valence-electron chi connectivity index (χ0n) is 13.6. The number of aromatic nitrogens is 2. The lowest BCUT2D eigenvalue weighted by Gasteiger charge is -2.19. The Hall–Kier alpha value is -2.39.